The second-order valence-corrected chi connectivity index (χ2v) is 8.31. The van der Waals surface area contributed by atoms with E-state index in [1.54, 1.807) is 17.0 Å². The largest absolute Gasteiger partial charge is 0.493 e. The molecular formula is C21H22IN5O5. The third kappa shape index (κ3) is 4.43. The Balaban J connectivity index is 2.25. The quantitative estimate of drug-likeness (QED) is 0.189. The van der Waals surface area contributed by atoms with Crippen LogP contribution in [0.3, 0.4) is 0 Å². The van der Waals surface area contributed by atoms with Crippen molar-refractivity contribution < 1.29 is 19.2 Å². The van der Waals surface area contributed by atoms with Gasteiger partial charge in [-0.25, -0.2) is 0 Å². The van der Waals surface area contributed by atoms with E-state index in [2.05, 4.69) is 32.8 Å². The molecule has 3 aromatic rings. The van der Waals surface area contributed by atoms with Crippen LogP contribution in [-0.2, 0) is 0 Å². The van der Waals surface area contributed by atoms with Crippen molar-refractivity contribution in [2.75, 3.05) is 33.2 Å². The molecule has 11 heteroatoms. The van der Waals surface area contributed by atoms with Gasteiger partial charge in [0, 0.05) is 21.1 Å². The van der Waals surface area contributed by atoms with Crippen LogP contribution >= 0.6 is 22.6 Å². The zero-order valence-corrected chi connectivity index (χ0v) is 20.4. The number of ether oxygens (including phenoxy) is 2. The van der Waals surface area contributed by atoms with E-state index >= 15 is 0 Å². The summed E-state index contributed by atoms with van der Waals surface area (Å²) in [6.07, 6.45) is 1.04. The fourth-order valence-electron chi connectivity index (χ4n) is 3.20. The number of nitro groups is 1. The average Bonchev–Trinajstić information content (AvgIpc) is 2.78. The molecule has 0 saturated carbocycles. The summed E-state index contributed by atoms with van der Waals surface area (Å²) in [7, 11) is 6.70. The first kappa shape index (κ1) is 23.6. The molecule has 0 aliphatic carbocycles. The molecular weight excluding hydrogens is 529 g/mol. The number of benzene rings is 2. The molecule has 0 N–H and O–H groups in total. The topological polar surface area (TPSA) is 111 Å². The Morgan fingerprint density at radius 2 is 1.81 bits per heavy atom. The summed E-state index contributed by atoms with van der Waals surface area (Å²) in [5.74, 6) is 0.603. The van der Waals surface area contributed by atoms with E-state index in [0.717, 1.165) is 0 Å². The Hall–Kier alpha value is -3.06. The highest BCUT2D eigenvalue weighted by atomic mass is 127. The first-order chi connectivity index (χ1) is 15.2. The summed E-state index contributed by atoms with van der Waals surface area (Å²) >= 11 is 2.07. The number of hydrogen-bond donors (Lipinski definition) is 0. The van der Waals surface area contributed by atoms with Gasteiger partial charge >= 0.3 is 0 Å². The monoisotopic (exact) mass is 551 g/mol. The summed E-state index contributed by atoms with van der Waals surface area (Å²) in [5, 5.41) is 19.9. The number of rotatable bonds is 7. The summed E-state index contributed by atoms with van der Waals surface area (Å²) < 4.78 is 11.4. The summed E-state index contributed by atoms with van der Waals surface area (Å²) in [6.45, 7) is 1.86. The van der Waals surface area contributed by atoms with Gasteiger partial charge in [0.2, 0.25) is 0 Å². The maximum absolute atomic E-state index is 13.9. The summed E-state index contributed by atoms with van der Waals surface area (Å²) in [4.78, 5) is 28.1. The third-order valence-electron chi connectivity index (χ3n) is 5.12. The van der Waals surface area contributed by atoms with Crippen molar-refractivity contribution in [3.63, 3.8) is 0 Å². The number of fused-ring (bicyclic) bond motifs is 1. The number of carbonyl (C=O) groups is 1. The van der Waals surface area contributed by atoms with Gasteiger partial charge in [0.25, 0.3) is 11.6 Å². The van der Waals surface area contributed by atoms with Gasteiger partial charge in [-0.3, -0.25) is 24.7 Å². The van der Waals surface area contributed by atoms with Gasteiger partial charge in [0.15, 0.2) is 11.5 Å². The van der Waals surface area contributed by atoms with Gasteiger partial charge in [-0.05, 0) is 61.8 Å². The normalized spacial score (nSPS) is 12.0. The Morgan fingerprint density at radius 1 is 1.16 bits per heavy atom. The lowest BCUT2D eigenvalue weighted by molar-refractivity contribution is -0.384. The molecule has 32 heavy (non-hydrogen) atoms. The van der Waals surface area contributed by atoms with Gasteiger partial charge < -0.3 is 9.47 Å². The number of methoxy groups -OCH3 is 2. The number of nitrogens with zero attached hydrogens (tertiary/aromatic N) is 5. The second kappa shape index (κ2) is 9.61. The molecule has 0 aliphatic rings. The molecule has 0 saturated heterocycles. The number of non-ortho nitro benzene ring substituents is 1. The molecule has 0 radical (unpaired) electrons. The van der Waals surface area contributed by atoms with Crippen molar-refractivity contribution in [2.24, 2.45) is 0 Å². The van der Waals surface area contributed by atoms with E-state index in [4.69, 9.17) is 9.47 Å². The molecule has 1 aromatic heterocycles. The third-order valence-corrected chi connectivity index (χ3v) is 6.01. The molecule has 1 atom stereocenters. The summed E-state index contributed by atoms with van der Waals surface area (Å²) in [6, 6.07) is 7.63. The first-order valence-electron chi connectivity index (χ1n) is 9.51. The van der Waals surface area contributed by atoms with Crippen LogP contribution in [0.15, 0.2) is 36.5 Å². The van der Waals surface area contributed by atoms with Crippen molar-refractivity contribution in [1.29, 1.82) is 0 Å². The molecule has 2 aromatic carbocycles. The lowest BCUT2D eigenvalue weighted by atomic mass is 10.1. The van der Waals surface area contributed by atoms with Crippen LogP contribution in [0.4, 0.5) is 11.4 Å². The number of amides is 1. The number of carbonyl (C=O) groups excluding carboxylic acids is 1. The molecule has 3 rings (SSSR count). The number of hydrogen-bond acceptors (Lipinski definition) is 8. The Morgan fingerprint density at radius 3 is 2.41 bits per heavy atom. The molecule has 168 valence electrons. The second-order valence-electron chi connectivity index (χ2n) is 7.15. The molecule has 0 spiro atoms. The van der Waals surface area contributed by atoms with Crippen molar-refractivity contribution in [3.05, 3.63) is 55.8 Å². The first-order valence-corrected chi connectivity index (χ1v) is 10.6. The smallest absolute Gasteiger partial charge is 0.270 e. The van der Waals surface area contributed by atoms with Crippen molar-refractivity contribution in [3.8, 4) is 11.5 Å². The van der Waals surface area contributed by atoms with E-state index in [1.165, 1.54) is 38.6 Å². The van der Waals surface area contributed by atoms with Crippen LogP contribution in [0.25, 0.3) is 10.9 Å². The maximum atomic E-state index is 13.9. The number of nitro benzene ring substituents is 1. The molecule has 1 unspecified atom stereocenters. The Labute approximate surface area is 198 Å². The van der Waals surface area contributed by atoms with E-state index in [1.807, 2.05) is 25.9 Å². The average molecular weight is 551 g/mol. The van der Waals surface area contributed by atoms with Crippen LogP contribution < -0.4 is 14.4 Å². The van der Waals surface area contributed by atoms with Crippen LogP contribution in [0, 0.1) is 13.7 Å². The zero-order chi connectivity index (χ0) is 23.6. The van der Waals surface area contributed by atoms with Crippen molar-refractivity contribution >= 4 is 50.8 Å². The fraction of sp³-hybridized carbons (Fsp3) is 0.286. The highest BCUT2D eigenvalue weighted by molar-refractivity contribution is 14.1. The SMILES string of the molecule is COc1cc(I)c(C(=O)N(c2cnnc3ccc([N+](=O)[O-])cc23)C(C)N(C)C)cc1OC. The highest BCUT2D eigenvalue weighted by Crippen LogP contribution is 2.35. The molecule has 1 heterocycles. The van der Waals surface area contributed by atoms with Gasteiger partial charge in [0.05, 0.1) is 48.3 Å². The van der Waals surface area contributed by atoms with Crippen molar-refractivity contribution in [2.45, 2.75) is 13.1 Å². The fourth-order valence-corrected chi connectivity index (χ4v) is 3.87. The van der Waals surface area contributed by atoms with E-state index in [-0.39, 0.29) is 11.6 Å². The minimum Gasteiger partial charge on any atom is -0.493 e. The lowest BCUT2D eigenvalue weighted by Gasteiger charge is -2.34. The minimum atomic E-state index is -0.484. The highest BCUT2D eigenvalue weighted by Gasteiger charge is 2.29. The van der Waals surface area contributed by atoms with Crippen LogP contribution in [0.5, 0.6) is 11.5 Å². The molecule has 0 bridgehead atoms. The van der Waals surface area contributed by atoms with Crippen LogP contribution in [0.1, 0.15) is 17.3 Å². The molecule has 0 aliphatic heterocycles. The lowest BCUT2D eigenvalue weighted by Crippen LogP contribution is -2.47. The van der Waals surface area contributed by atoms with Gasteiger partial charge in [-0.2, -0.15) is 10.2 Å². The van der Waals surface area contributed by atoms with E-state index < -0.39 is 11.1 Å². The number of halogens is 1. The Kier molecular flexibility index (Phi) is 7.09. The van der Waals surface area contributed by atoms with Crippen LogP contribution in [0.2, 0.25) is 0 Å². The summed E-state index contributed by atoms with van der Waals surface area (Å²) in [5.41, 5.74) is 1.15. The molecule has 1 amide bonds. The number of anilines is 1. The predicted octanol–water partition coefficient (Wildman–Crippen LogP) is 3.71. The van der Waals surface area contributed by atoms with Gasteiger partial charge in [0.1, 0.15) is 0 Å². The standard InChI is InChI=1S/C21H22IN5O5/c1-12(25(2)3)26(21(28)14-9-19(31-4)20(32-5)10-16(14)22)18-11-23-24-17-7-6-13(27(29)30)8-15(17)18/h6-12H,1-5H3. The maximum Gasteiger partial charge on any atom is 0.270 e. The molecule has 10 nitrogen and oxygen atoms in total. The van der Waals surface area contributed by atoms with Gasteiger partial charge in [-0.15, -0.1) is 0 Å². The van der Waals surface area contributed by atoms with E-state index in [0.29, 0.717) is 37.2 Å². The number of aromatic nitrogens is 2. The van der Waals surface area contributed by atoms with Crippen LogP contribution in [-0.4, -0.2) is 60.4 Å². The predicted molar refractivity (Wildman–Crippen MR) is 128 cm³/mol. The van der Waals surface area contributed by atoms with Gasteiger partial charge in [-0.1, -0.05) is 0 Å². The zero-order valence-electron chi connectivity index (χ0n) is 18.2. The Bertz CT molecular complexity index is 1190. The van der Waals surface area contributed by atoms with E-state index in [9.17, 15) is 14.9 Å². The van der Waals surface area contributed by atoms with Crippen molar-refractivity contribution in [1.82, 2.24) is 15.1 Å². The minimum absolute atomic E-state index is 0.0997. The molecule has 0 fully saturated rings.